The average Bonchev–Trinajstić information content (AvgIpc) is 2.61. The summed E-state index contributed by atoms with van der Waals surface area (Å²) in [4.78, 5) is 8.01. The van der Waals surface area contributed by atoms with Crippen molar-refractivity contribution in [2.75, 3.05) is 0 Å². The van der Waals surface area contributed by atoms with Gasteiger partial charge in [-0.3, -0.25) is 9.97 Å². The number of halogens is 2. The summed E-state index contributed by atoms with van der Waals surface area (Å²) in [5.41, 5.74) is 1.09. The van der Waals surface area contributed by atoms with E-state index >= 15 is 0 Å². The van der Waals surface area contributed by atoms with Gasteiger partial charge in [0.1, 0.15) is 16.8 Å². The Bertz CT molecular complexity index is 1020. The second-order valence-corrected chi connectivity index (χ2v) is 5.76. The lowest BCUT2D eigenvalue weighted by molar-refractivity contribution is 0.480. The number of nitrogens with zero attached hydrogens (tertiary/aromatic N) is 2. The Morgan fingerprint density at radius 1 is 0.750 bits per heavy atom. The van der Waals surface area contributed by atoms with E-state index in [4.69, 9.17) is 23.2 Å². The van der Waals surface area contributed by atoms with Gasteiger partial charge in [-0.05, 0) is 30.3 Å². The molecule has 120 valence electrons. The van der Waals surface area contributed by atoms with Gasteiger partial charge in [-0.25, -0.2) is 0 Å². The van der Waals surface area contributed by atoms with Crippen molar-refractivity contribution in [1.82, 2.24) is 9.97 Å². The molecule has 0 aliphatic carbocycles. The molecule has 2 N–H and O–H groups in total. The molecule has 0 bridgehead atoms. The normalized spacial score (nSPS) is 10.4. The smallest absolute Gasteiger partial charge is 0.160 e. The molecule has 0 saturated heterocycles. The first-order valence-corrected chi connectivity index (χ1v) is 7.78. The molecule has 6 heteroatoms. The molecule has 0 unspecified atom stereocenters. The summed E-state index contributed by atoms with van der Waals surface area (Å²) in [5, 5.41) is 21.2. The Balaban J connectivity index is 0.000000143. The van der Waals surface area contributed by atoms with E-state index in [0.717, 1.165) is 5.39 Å². The lowest BCUT2D eigenvalue weighted by Gasteiger charge is -2.03. The Morgan fingerprint density at radius 3 is 2.17 bits per heavy atom. The summed E-state index contributed by atoms with van der Waals surface area (Å²) < 4.78 is 0. The molecule has 0 atom stereocenters. The van der Waals surface area contributed by atoms with Crippen LogP contribution in [0.4, 0.5) is 0 Å². The first-order valence-electron chi connectivity index (χ1n) is 7.02. The Kier molecular flexibility index (Phi) is 4.69. The molecule has 4 rings (SSSR count). The van der Waals surface area contributed by atoms with Gasteiger partial charge in [-0.15, -0.1) is 0 Å². The lowest BCUT2D eigenvalue weighted by atomic mass is 10.2. The zero-order valence-corrected chi connectivity index (χ0v) is 13.8. The molecule has 2 aromatic heterocycles. The standard InChI is InChI=1S/C9H5Cl2NO.C9H7NO/c10-6-4-7(11)9(13)8-5(6)2-1-3-12-8;11-8-5-1-3-7-4-2-6-10-9(7)8/h1-4,13H;1-6,11H. The van der Waals surface area contributed by atoms with Gasteiger partial charge in [0.05, 0.1) is 10.0 Å². The van der Waals surface area contributed by atoms with E-state index in [1.54, 1.807) is 36.7 Å². The third kappa shape index (κ3) is 3.20. The van der Waals surface area contributed by atoms with Crippen LogP contribution < -0.4 is 0 Å². The van der Waals surface area contributed by atoms with Crippen molar-refractivity contribution in [1.29, 1.82) is 0 Å². The highest BCUT2D eigenvalue weighted by Gasteiger charge is 2.08. The molecular weight excluding hydrogens is 347 g/mol. The van der Waals surface area contributed by atoms with Gasteiger partial charge >= 0.3 is 0 Å². The second-order valence-electron chi connectivity index (χ2n) is 4.94. The quantitative estimate of drug-likeness (QED) is 0.454. The van der Waals surface area contributed by atoms with E-state index in [1.165, 1.54) is 6.07 Å². The number of rotatable bonds is 0. The zero-order valence-electron chi connectivity index (χ0n) is 12.3. The predicted octanol–water partition coefficient (Wildman–Crippen LogP) is 5.19. The van der Waals surface area contributed by atoms with Crippen molar-refractivity contribution >= 4 is 45.0 Å². The summed E-state index contributed by atoms with van der Waals surface area (Å²) in [6.07, 6.45) is 3.25. The molecule has 0 radical (unpaired) electrons. The third-order valence-corrected chi connectivity index (χ3v) is 3.98. The molecule has 4 nitrogen and oxygen atoms in total. The Labute approximate surface area is 147 Å². The molecule has 0 aliphatic heterocycles. The van der Waals surface area contributed by atoms with E-state index < -0.39 is 0 Å². The van der Waals surface area contributed by atoms with Crippen LogP contribution in [0.3, 0.4) is 0 Å². The first-order chi connectivity index (χ1) is 11.6. The molecule has 4 aromatic rings. The fraction of sp³-hybridized carbons (Fsp3) is 0. The van der Waals surface area contributed by atoms with E-state index in [9.17, 15) is 10.2 Å². The molecule has 2 heterocycles. The minimum absolute atomic E-state index is 0.0262. The summed E-state index contributed by atoms with van der Waals surface area (Å²) >= 11 is 11.6. The molecule has 2 aromatic carbocycles. The number of benzene rings is 2. The van der Waals surface area contributed by atoms with Crippen LogP contribution in [0.5, 0.6) is 11.5 Å². The minimum Gasteiger partial charge on any atom is -0.506 e. The van der Waals surface area contributed by atoms with Gasteiger partial charge in [0.15, 0.2) is 5.75 Å². The lowest BCUT2D eigenvalue weighted by Crippen LogP contribution is -1.80. The highest BCUT2D eigenvalue weighted by molar-refractivity contribution is 6.39. The largest absolute Gasteiger partial charge is 0.506 e. The molecule has 0 aliphatic rings. The average molecular weight is 359 g/mol. The number of para-hydroxylation sites is 1. The monoisotopic (exact) mass is 358 g/mol. The number of pyridine rings is 2. The van der Waals surface area contributed by atoms with Crippen molar-refractivity contribution in [3.05, 3.63) is 71.0 Å². The maximum atomic E-state index is 9.53. The van der Waals surface area contributed by atoms with Crippen molar-refractivity contribution < 1.29 is 10.2 Å². The summed E-state index contributed by atoms with van der Waals surface area (Å²) in [5.74, 6) is 0.213. The highest BCUT2D eigenvalue weighted by Crippen LogP contribution is 2.35. The minimum atomic E-state index is -0.0262. The number of hydrogen-bond donors (Lipinski definition) is 2. The van der Waals surface area contributed by atoms with Crippen LogP contribution in [0.1, 0.15) is 0 Å². The van der Waals surface area contributed by atoms with Gasteiger partial charge in [-0.2, -0.15) is 0 Å². The van der Waals surface area contributed by atoms with E-state index in [0.29, 0.717) is 21.4 Å². The van der Waals surface area contributed by atoms with Gasteiger partial charge in [0, 0.05) is 23.2 Å². The van der Waals surface area contributed by atoms with Crippen LogP contribution in [-0.2, 0) is 0 Å². The number of hydrogen-bond acceptors (Lipinski definition) is 4. The highest BCUT2D eigenvalue weighted by atomic mass is 35.5. The van der Waals surface area contributed by atoms with Crippen LogP contribution in [-0.4, -0.2) is 20.2 Å². The number of aromatic nitrogens is 2. The van der Waals surface area contributed by atoms with Gasteiger partial charge in [-0.1, -0.05) is 41.4 Å². The van der Waals surface area contributed by atoms with E-state index in [2.05, 4.69) is 9.97 Å². The predicted molar refractivity (Wildman–Crippen MR) is 96.8 cm³/mol. The zero-order chi connectivity index (χ0) is 17.1. The maximum Gasteiger partial charge on any atom is 0.160 e. The molecule has 0 fully saturated rings. The Morgan fingerprint density at radius 2 is 1.42 bits per heavy atom. The summed E-state index contributed by atoms with van der Waals surface area (Å²) in [6, 6.07) is 14.2. The topological polar surface area (TPSA) is 66.2 Å². The number of phenolic OH excluding ortho intramolecular Hbond substituents is 2. The fourth-order valence-electron chi connectivity index (χ4n) is 2.25. The first kappa shape index (κ1) is 16.3. The molecule has 0 amide bonds. The molecule has 0 saturated carbocycles. The van der Waals surface area contributed by atoms with Crippen LogP contribution in [0, 0.1) is 0 Å². The SMILES string of the molecule is Oc1c(Cl)cc(Cl)c2cccnc12.Oc1cccc2cccnc12. The van der Waals surface area contributed by atoms with Crippen LogP contribution >= 0.6 is 23.2 Å². The van der Waals surface area contributed by atoms with Gasteiger partial charge in [0.25, 0.3) is 0 Å². The van der Waals surface area contributed by atoms with E-state index in [-0.39, 0.29) is 16.5 Å². The van der Waals surface area contributed by atoms with Gasteiger partial charge < -0.3 is 10.2 Å². The molecular formula is C18H12Cl2N2O2. The van der Waals surface area contributed by atoms with Crippen molar-refractivity contribution in [3.8, 4) is 11.5 Å². The summed E-state index contributed by atoms with van der Waals surface area (Å²) in [7, 11) is 0. The van der Waals surface area contributed by atoms with Gasteiger partial charge in [0.2, 0.25) is 0 Å². The van der Waals surface area contributed by atoms with Crippen LogP contribution in [0.25, 0.3) is 21.8 Å². The summed E-state index contributed by atoms with van der Waals surface area (Å²) in [6.45, 7) is 0. The van der Waals surface area contributed by atoms with Crippen molar-refractivity contribution in [2.45, 2.75) is 0 Å². The maximum absolute atomic E-state index is 9.53. The van der Waals surface area contributed by atoms with Crippen LogP contribution in [0.2, 0.25) is 10.0 Å². The Hall–Kier alpha value is -2.56. The number of aromatic hydroxyl groups is 2. The van der Waals surface area contributed by atoms with E-state index in [1.807, 2.05) is 18.2 Å². The number of fused-ring (bicyclic) bond motifs is 2. The number of phenols is 2. The third-order valence-electron chi connectivity index (χ3n) is 3.38. The van der Waals surface area contributed by atoms with Crippen molar-refractivity contribution in [3.63, 3.8) is 0 Å². The van der Waals surface area contributed by atoms with Crippen LogP contribution in [0.15, 0.2) is 60.9 Å². The fourth-order valence-corrected chi connectivity index (χ4v) is 2.76. The molecule has 24 heavy (non-hydrogen) atoms. The molecule has 0 spiro atoms. The second kappa shape index (κ2) is 6.91. The van der Waals surface area contributed by atoms with Crippen molar-refractivity contribution in [2.24, 2.45) is 0 Å².